The van der Waals surface area contributed by atoms with Gasteiger partial charge in [0, 0.05) is 17.1 Å². The topological polar surface area (TPSA) is 60.2 Å². The summed E-state index contributed by atoms with van der Waals surface area (Å²) in [6, 6.07) is 3.83. The van der Waals surface area contributed by atoms with E-state index in [4.69, 9.17) is 17.3 Å². The minimum Gasteiger partial charge on any atom is -0.329 e. The van der Waals surface area contributed by atoms with Gasteiger partial charge in [-0.3, -0.25) is 0 Å². The fourth-order valence-corrected chi connectivity index (χ4v) is 2.54. The van der Waals surface area contributed by atoms with Crippen LogP contribution in [0.1, 0.15) is 5.56 Å². The van der Waals surface area contributed by atoms with Crippen LogP contribution in [-0.4, -0.2) is 20.7 Å². The molecule has 3 nitrogen and oxygen atoms in total. The van der Waals surface area contributed by atoms with E-state index in [0.717, 1.165) is 6.07 Å². The summed E-state index contributed by atoms with van der Waals surface area (Å²) < 4.78 is 35.9. The second-order valence-electron chi connectivity index (χ2n) is 3.12. The van der Waals surface area contributed by atoms with Crippen molar-refractivity contribution in [2.75, 3.05) is 12.3 Å². The number of halogens is 2. The number of rotatable bonds is 4. The second kappa shape index (κ2) is 4.92. The molecule has 0 heterocycles. The van der Waals surface area contributed by atoms with Crippen molar-refractivity contribution in [3.8, 4) is 0 Å². The molecule has 1 aromatic rings. The maximum Gasteiger partial charge on any atom is 0.155 e. The van der Waals surface area contributed by atoms with Gasteiger partial charge in [0.05, 0.1) is 11.5 Å². The Labute approximate surface area is 93.0 Å². The summed E-state index contributed by atoms with van der Waals surface area (Å²) in [5.41, 5.74) is 5.22. The van der Waals surface area contributed by atoms with E-state index in [0.29, 0.717) is 5.02 Å². The van der Waals surface area contributed by atoms with E-state index in [1.165, 1.54) is 12.1 Å². The highest BCUT2D eigenvalue weighted by molar-refractivity contribution is 7.90. The maximum absolute atomic E-state index is 13.2. The molecule has 0 aliphatic carbocycles. The molecule has 2 N–H and O–H groups in total. The third-order valence-corrected chi connectivity index (χ3v) is 3.66. The maximum atomic E-state index is 13.2. The summed E-state index contributed by atoms with van der Waals surface area (Å²) in [4.78, 5) is 0. The van der Waals surface area contributed by atoms with E-state index in [1.807, 2.05) is 0 Å². The Hall–Kier alpha value is -0.650. The molecule has 1 rings (SSSR count). The summed E-state index contributed by atoms with van der Waals surface area (Å²) in [7, 11) is -3.35. The molecule has 0 aromatic heterocycles. The Morgan fingerprint density at radius 2 is 2.07 bits per heavy atom. The normalized spacial score (nSPS) is 11.7. The Balaban J connectivity index is 2.94. The molecule has 0 spiro atoms. The Morgan fingerprint density at radius 3 is 2.67 bits per heavy atom. The first-order valence-corrected chi connectivity index (χ1v) is 6.49. The molecule has 15 heavy (non-hydrogen) atoms. The highest BCUT2D eigenvalue weighted by Gasteiger charge is 2.14. The highest BCUT2D eigenvalue weighted by Crippen LogP contribution is 2.17. The van der Waals surface area contributed by atoms with Gasteiger partial charge in [0.15, 0.2) is 9.84 Å². The fraction of sp³-hybridized carbons (Fsp3) is 0.333. The lowest BCUT2D eigenvalue weighted by molar-refractivity contribution is 0.587. The molecule has 6 heteroatoms. The van der Waals surface area contributed by atoms with Gasteiger partial charge in [-0.1, -0.05) is 11.6 Å². The van der Waals surface area contributed by atoms with Crippen LogP contribution in [0.3, 0.4) is 0 Å². The van der Waals surface area contributed by atoms with Gasteiger partial charge in [-0.05, 0) is 18.2 Å². The summed E-state index contributed by atoms with van der Waals surface area (Å²) in [6.07, 6.45) is 0. The van der Waals surface area contributed by atoms with E-state index < -0.39 is 15.7 Å². The van der Waals surface area contributed by atoms with Gasteiger partial charge in [0.25, 0.3) is 0 Å². The Bertz CT molecular complexity index is 447. The SMILES string of the molecule is NCCS(=O)(=O)Cc1cc(Cl)ccc1F. The molecule has 0 amide bonds. The first kappa shape index (κ1) is 12.4. The molecule has 1 aromatic carbocycles. The number of sulfone groups is 1. The van der Waals surface area contributed by atoms with Crippen molar-refractivity contribution in [1.82, 2.24) is 0 Å². The van der Waals surface area contributed by atoms with Crippen LogP contribution in [0.2, 0.25) is 5.02 Å². The van der Waals surface area contributed by atoms with Crippen molar-refractivity contribution in [2.45, 2.75) is 5.75 Å². The molecular weight excluding hydrogens is 241 g/mol. The van der Waals surface area contributed by atoms with E-state index in [2.05, 4.69) is 0 Å². The minimum absolute atomic E-state index is 0.0323. The number of benzene rings is 1. The third kappa shape index (κ3) is 3.77. The lowest BCUT2D eigenvalue weighted by atomic mass is 10.2. The molecule has 0 unspecified atom stereocenters. The molecule has 0 saturated heterocycles. The predicted molar refractivity (Wildman–Crippen MR) is 58.0 cm³/mol. The van der Waals surface area contributed by atoms with Crippen LogP contribution in [0.4, 0.5) is 4.39 Å². The van der Waals surface area contributed by atoms with E-state index in [9.17, 15) is 12.8 Å². The van der Waals surface area contributed by atoms with Gasteiger partial charge < -0.3 is 5.73 Å². The molecule has 0 saturated carbocycles. The van der Waals surface area contributed by atoms with Crippen molar-refractivity contribution in [3.05, 3.63) is 34.6 Å². The van der Waals surface area contributed by atoms with Crippen molar-refractivity contribution in [3.63, 3.8) is 0 Å². The average molecular weight is 252 g/mol. The molecular formula is C9H11ClFNO2S. The molecule has 0 aliphatic heterocycles. The quantitative estimate of drug-likeness (QED) is 0.879. The van der Waals surface area contributed by atoms with Gasteiger partial charge in [-0.2, -0.15) is 0 Å². The highest BCUT2D eigenvalue weighted by atomic mass is 35.5. The van der Waals surface area contributed by atoms with E-state index >= 15 is 0 Å². The molecule has 0 radical (unpaired) electrons. The van der Waals surface area contributed by atoms with Gasteiger partial charge in [-0.15, -0.1) is 0 Å². The Kier molecular flexibility index (Phi) is 4.07. The van der Waals surface area contributed by atoms with Gasteiger partial charge in [0.1, 0.15) is 5.82 Å². The zero-order valence-corrected chi connectivity index (χ0v) is 9.48. The second-order valence-corrected chi connectivity index (χ2v) is 5.74. The smallest absolute Gasteiger partial charge is 0.155 e. The van der Waals surface area contributed by atoms with E-state index in [1.54, 1.807) is 0 Å². The zero-order chi connectivity index (χ0) is 11.5. The summed E-state index contributed by atoms with van der Waals surface area (Å²) in [5.74, 6) is -1.09. The van der Waals surface area contributed by atoms with Crippen molar-refractivity contribution >= 4 is 21.4 Å². The Morgan fingerprint density at radius 1 is 1.40 bits per heavy atom. The van der Waals surface area contributed by atoms with Crippen LogP contribution in [0.15, 0.2) is 18.2 Å². The molecule has 0 fully saturated rings. The monoisotopic (exact) mass is 251 g/mol. The standard InChI is InChI=1S/C9H11ClFNO2S/c10-8-1-2-9(11)7(5-8)6-15(13,14)4-3-12/h1-2,5H,3-4,6,12H2. The van der Waals surface area contributed by atoms with Crippen LogP contribution in [0, 0.1) is 5.82 Å². The lowest BCUT2D eigenvalue weighted by Gasteiger charge is -2.04. The molecule has 0 bridgehead atoms. The van der Waals surface area contributed by atoms with Crippen molar-refractivity contribution in [2.24, 2.45) is 5.73 Å². The number of hydrogen-bond donors (Lipinski definition) is 1. The molecule has 0 atom stereocenters. The summed E-state index contributed by atoms with van der Waals surface area (Å²) in [5, 5.41) is 0.314. The zero-order valence-electron chi connectivity index (χ0n) is 7.91. The van der Waals surface area contributed by atoms with Gasteiger partial charge in [-0.25, -0.2) is 12.8 Å². The van der Waals surface area contributed by atoms with Crippen LogP contribution in [0.5, 0.6) is 0 Å². The first-order chi connectivity index (χ1) is 6.94. The fourth-order valence-electron chi connectivity index (χ4n) is 1.14. The summed E-state index contributed by atoms with van der Waals surface area (Å²) in [6.45, 7) is 0.0323. The van der Waals surface area contributed by atoms with Crippen LogP contribution in [-0.2, 0) is 15.6 Å². The number of nitrogens with two attached hydrogens (primary N) is 1. The van der Waals surface area contributed by atoms with Gasteiger partial charge >= 0.3 is 0 Å². The lowest BCUT2D eigenvalue weighted by Crippen LogP contribution is -2.17. The van der Waals surface area contributed by atoms with Gasteiger partial charge in [0.2, 0.25) is 0 Å². The third-order valence-electron chi connectivity index (χ3n) is 1.81. The molecule has 0 aliphatic rings. The first-order valence-electron chi connectivity index (χ1n) is 4.29. The summed E-state index contributed by atoms with van der Waals surface area (Å²) >= 11 is 5.64. The van der Waals surface area contributed by atoms with Crippen LogP contribution >= 0.6 is 11.6 Å². The molecule has 84 valence electrons. The van der Waals surface area contributed by atoms with Crippen molar-refractivity contribution < 1.29 is 12.8 Å². The predicted octanol–water partition coefficient (Wildman–Crippen LogP) is 1.35. The van der Waals surface area contributed by atoms with Crippen molar-refractivity contribution in [1.29, 1.82) is 0 Å². The van der Waals surface area contributed by atoms with Crippen LogP contribution < -0.4 is 5.73 Å². The number of hydrogen-bond acceptors (Lipinski definition) is 3. The van der Waals surface area contributed by atoms with Crippen LogP contribution in [0.25, 0.3) is 0 Å². The minimum atomic E-state index is -3.35. The van der Waals surface area contributed by atoms with E-state index in [-0.39, 0.29) is 23.6 Å². The largest absolute Gasteiger partial charge is 0.329 e. The average Bonchev–Trinajstić information content (AvgIpc) is 2.10.